The van der Waals surface area contributed by atoms with E-state index in [9.17, 15) is 8.42 Å². The molecule has 0 amide bonds. The van der Waals surface area contributed by atoms with Crippen molar-refractivity contribution in [2.24, 2.45) is 5.92 Å². The van der Waals surface area contributed by atoms with Crippen molar-refractivity contribution in [2.45, 2.75) is 30.2 Å². The zero-order chi connectivity index (χ0) is 14.5. The summed E-state index contributed by atoms with van der Waals surface area (Å²) in [7, 11) is -0.362. The molecule has 1 saturated carbocycles. The maximum atomic E-state index is 12.1. The van der Waals surface area contributed by atoms with Gasteiger partial charge in [-0.3, -0.25) is 0 Å². The highest BCUT2D eigenvalue weighted by Gasteiger charge is 2.38. The Hall–Kier alpha value is -1.27. The largest absolute Gasteiger partial charge is 0.397 e. The van der Waals surface area contributed by atoms with Crippen molar-refractivity contribution in [2.75, 3.05) is 31.3 Å². The minimum Gasteiger partial charge on any atom is -0.397 e. The third-order valence-electron chi connectivity index (χ3n) is 4.50. The molecule has 0 spiro atoms. The van der Waals surface area contributed by atoms with Crippen LogP contribution in [0.4, 0.5) is 11.4 Å². The van der Waals surface area contributed by atoms with Gasteiger partial charge in [-0.15, -0.1) is 0 Å². The van der Waals surface area contributed by atoms with Crippen LogP contribution in [0.5, 0.6) is 0 Å². The second kappa shape index (κ2) is 4.63. The molecule has 20 heavy (non-hydrogen) atoms. The van der Waals surface area contributed by atoms with Gasteiger partial charge in [0.2, 0.25) is 10.0 Å². The average molecular weight is 295 g/mol. The van der Waals surface area contributed by atoms with Gasteiger partial charge in [-0.2, -0.15) is 0 Å². The molecule has 3 rings (SSSR count). The molecule has 1 aliphatic carbocycles. The molecule has 2 fully saturated rings. The topological polar surface area (TPSA) is 66.6 Å². The van der Waals surface area contributed by atoms with Gasteiger partial charge in [0.05, 0.1) is 16.3 Å². The van der Waals surface area contributed by atoms with Crippen molar-refractivity contribution in [3.05, 3.63) is 18.2 Å². The number of nitrogens with zero attached hydrogens (tertiary/aromatic N) is 2. The van der Waals surface area contributed by atoms with E-state index in [-0.39, 0.29) is 4.90 Å². The van der Waals surface area contributed by atoms with Crippen LogP contribution in [0.2, 0.25) is 0 Å². The molecule has 2 unspecified atom stereocenters. The Morgan fingerprint density at radius 3 is 2.55 bits per heavy atom. The number of anilines is 2. The smallest absolute Gasteiger partial charge is 0.242 e. The van der Waals surface area contributed by atoms with Crippen LogP contribution in [0.15, 0.2) is 23.1 Å². The highest BCUT2D eigenvalue weighted by Crippen LogP contribution is 2.42. The zero-order valence-corrected chi connectivity index (χ0v) is 12.7. The third kappa shape index (κ3) is 2.07. The molecular weight excluding hydrogens is 274 g/mol. The first-order chi connectivity index (χ1) is 9.39. The molecule has 1 aromatic rings. The van der Waals surface area contributed by atoms with E-state index in [1.807, 2.05) is 6.07 Å². The number of sulfonamides is 1. The van der Waals surface area contributed by atoms with E-state index in [2.05, 4.69) is 4.90 Å². The summed E-state index contributed by atoms with van der Waals surface area (Å²) in [6.45, 7) is 1.05. The molecule has 1 heterocycles. The zero-order valence-electron chi connectivity index (χ0n) is 11.9. The van der Waals surface area contributed by atoms with Crippen LogP contribution in [0.1, 0.15) is 19.3 Å². The Labute approximate surface area is 120 Å². The summed E-state index contributed by atoms with van der Waals surface area (Å²) in [5.74, 6) is 0.782. The van der Waals surface area contributed by atoms with Gasteiger partial charge < -0.3 is 10.6 Å². The fourth-order valence-corrected chi connectivity index (χ4v) is 4.32. The van der Waals surface area contributed by atoms with E-state index >= 15 is 0 Å². The Bertz CT molecular complexity index is 627. The Morgan fingerprint density at radius 1 is 1.30 bits per heavy atom. The number of nitrogen functional groups attached to an aromatic ring is 1. The Balaban J connectivity index is 1.93. The van der Waals surface area contributed by atoms with Crippen LogP contribution in [0, 0.1) is 5.92 Å². The van der Waals surface area contributed by atoms with Crippen molar-refractivity contribution in [1.82, 2.24) is 4.31 Å². The molecule has 2 bridgehead atoms. The average Bonchev–Trinajstić information content (AvgIpc) is 3.00. The summed E-state index contributed by atoms with van der Waals surface area (Å²) < 4.78 is 25.4. The summed E-state index contributed by atoms with van der Waals surface area (Å²) in [6, 6.07) is 5.68. The fraction of sp³-hybridized carbons (Fsp3) is 0.571. The number of nitrogens with two attached hydrogens (primary N) is 1. The summed E-state index contributed by atoms with van der Waals surface area (Å²) >= 11 is 0. The molecule has 0 aromatic heterocycles. The van der Waals surface area contributed by atoms with Crippen molar-refractivity contribution in [3.8, 4) is 0 Å². The van der Waals surface area contributed by atoms with E-state index < -0.39 is 10.0 Å². The Kier molecular flexibility index (Phi) is 3.17. The SMILES string of the molecule is CN(C)S(=O)(=O)c1ccc(N2CC3CCC2C3)c(N)c1. The molecular formula is C14H21N3O2S. The predicted molar refractivity (Wildman–Crippen MR) is 80.2 cm³/mol. The molecule has 2 atom stereocenters. The third-order valence-corrected chi connectivity index (χ3v) is 6.31. The van der Waals surface area contributed by atoms with Gasteiger partial charge >= 0.3 is 0 Å². The van der Waals surface area contributed by atoms with Crippen molar-refractivity contribution in [1.29, 1.82) is 0 Å². The fourth-order valence-electron chi connectivity index (χ4n) is 3.39. The van der Waals surface area contributed by atoms with Crippen LogP contribution in [0.3, 0.4) is 0 Å². The van der Waals surface area contributed by atoms with Crippen LogP contribution in [-0.4, -0.2) is 39.4 Å². The van der Waals surface area contributed by atoms with Crippen LogP contribution >= 0.6 is 0 Å². The molecule has 1 aromatic carbocycles. The molecule has 110 valence electrons. The quantitative estimate of drug-likeness (QED) is 0.858. The van der Waals surface area contributed by atoms with E-state index in [1.54, 1.807) is 12.1 Å². The van der Waals surface area contributed by atoms with Crippen LogP contribution in [0.25, 0.3) is 0 Å². The monoisotopic (exact) mass is 295 g/mol. The normalized spacial score (nSPS) is 25.6. The summed E-state index contributed by atoms with van der Waals surface area (Å²) in [5.41, 5.74) is 7.64. The highest BCUT2D eigenvalue weighted by molar-refractivity contribution is 7.89. The molecule has 5 nitrogen and oxygen atoms in total. The van der Waals surface area contributed by atoms with Crippen molar-refractivity contribution >= 4 is 21.4 Å². The van der Waals surface area contributed by atoms with E-state index in [0.29, 0.717) is 11.7 Å². The number of hydrogen-bond acceptors (Lipinski definition) is 4. The first-order valence-corrected chi connectivity index (χ1v) is 8.42. The van der Waals surface area contributed by atoms with Gasteiger partial charge in [-0.25, -0.2) is 12.7 Å². The maximum Gasteiger partial charge on any atom is 0.242 e. The van der Waals surface area contributed by atoms with Crippen molar-refractivity contribution in [3.63, 3.8) is 0 Å². The van der Waals surface area contributed by atoms with E-state index in [0.717, 1.165) is 18.2 Å². The minimum atomic E-state index is -3.42. The predicted octanol–water partition coefficient (Wildman–Crippen LogP) is 1.51. The van der Waals surface area contributed by atoms with Crippen LogP contribution in [-0.2, 0) is 10.0 Å². The standard InChI is InChI=1S/C14H21N3O2S/c1-16(2)20(18,19)12-5-6-14(13(15)8-12)17-9-10-3-4-11(17)7-10/h5-6,8,10-11H,3-4,7,9,15H2,1-2H3. The van der Waals surface area contributed by atoms with Crippen molar-refractivity contribution < 1.29 is 8.42 Å². The minimum absolute atomic E-state index is 0.258. The molecule has 2 aliphatic rings. The number of hydrogen-bond donors (Lipinski definition) is 1. The Morgan fingerprint density at radius 2 is 2.05 bits per heavy atom. The van der Waals surface area contributed by atoms with Gasteiger partial charge in [-0.1, -0.05) is 0 Å². The molecule has 1 saturated heterocycles. The number of fused-ring (bicyclic) bond motifs is 2. The lowest BCUT2D eigenvalue weighted by Gasteiger charge is -2.30. The lowest BCUT2D eigenvalue weighted by molar-refractivity contribution is 0.520. The van der Waals surface area contributed by atoms with Gasteiger partial charge in [-0.05, 0) is 43.4 Å². The van der Waals surface area contributed by atoms with Gasteiger partial charge in [0.1, 0.15) is 0 Å². The first kappa shape index (κ1) is 13.7. The number of piperidine rings is 1. The maximum absolute atomic E-state index is 12.1. The molecule has 2 N–H and O–H groups in total. The van der Waals surface area contributed by atoms with Crippen LogP contribution < -0.4 is 10.6 Å². The van der Waals surface area contributed by atoms with Gasteiger partial charge in [0.25, 0.3) is 0 Å². The van der Waals surface area contributed by atoms with E-state index in [4.69, 9.17) is 5.73 Å². The molecule has 6 heteroatoms. The van der Waals surface area contributed by atoms with Gasteiger partial charge in [0.15, 0.2) is 0 Å². The number of rotatable bonds is 3. The summed E-state index contributed by atoms with van der Waals surface area (Å²) in [5, 5.41) is 0. The summed E-state index contributed by atoms with van der Waals surface area (Å²) in [4.78, 5) is 2.60. The highest BCUT2D eigenvalue weighted by atomic mass is 32.2. The molecule has 0 radical (unpaired) electrons. The lowest BCUT2D eigenvalue weighted by atomic mass is 10.1. The summed E-state index contributed by atoms with van der Waals surface area (Å²) in [6.07, 6.45) is 3.78. The second-order valence-electron chi connectivity index (χ2n) is 5.99. The lowest BCUT2D eigenvalue weighted by Crippen LogP contribution is -2.32. The van der Waals surface area contributed by atoms with E-state index in [1.165, 1.54) is 37.7 Å². The second-order valence-corrected chi connectivity index (χ2v) is 8.15. The first-order valence-electron chi connectivity index (χ1n) is 6.98. The van der Waals surface area contributed by atoms with Gasteiger partial charge in [0, 0.05) is 26.7 Å². The molecule has 1 aliphatic heterocycles. The number of benzene rings is 1.